The van der Waals surface area contributed by atoms with E-state index in [0.717, 1.165) is 0 Å². The minimum atomic E-state index is -1.27. The molecule has 0 saturated carbocycles. The summed E-state index contributed by atoms with van der Waals surface area (Å²) in [6.45, 7) is -0.432. The molecule has 2 aromatic heterocycles. The van der Waals surface area contributed by atoms with Crippen LogP contribution in [0.4, 0.5) is 5.95 Å². The SMILES string of the molecule is CN(C)c1nc2c(ncn2[C@@H]2O[C@H](CO)[C@H](O)C2O)c(=O)[nH]1. The third-order valence-corrected chi connectivity index (χ3v) is 3.63. The van der Waals surface area contributed by atoms with Gasteiger partial charge in [-0.2, -0.15) is 4.98 Å². The molecule has 22 heavy (non-hydrogen) atoms. The van der Waals surface area contributed by atoms with Crippen molar-refractivity contribution >= 4 is 17.1 Å². The smallest absolute Gasteiger partial charge is 0.280 e. The summed E-state index contributed by atoms with van der Waals surface area (Å²) < 4.78 is 6.81. The molecule has 1 fully saturated rings. The number of fused-ring (bicyclic) bond motifs is 1. The molecule has 0 spiro atoms. The van der Waals surface area contributed by atoms with Crippen molar-refractivity contribution in [3.8, 4) is 0 Å². The fraction of sp³-hybridized carbons (Fsp3) is 0.583. The highest BCUT2D eigenvalue weighted by Gasteiger charge is 2.44. The molecule has 0 radical (unpaired) electrons. The number of rotatable bonds is 3. The number of aromatic nitrogens is 4. The van der Waals surface area contributed by atoms with Gasteiger partial charge in [0.1, 0.15) is 18.3 Å². The molecule has 1 unspecified atom stereocenters. The summed E-state index contributed by atoms with van der Waals surface area (Å²) in [4.78, 5) is 24.5. The van der Waals surface area contributed by atoms with Gasteiger partial charge in [-0.1, -0.05) is 0 Å². The molecule has 0 aromatic carbocycles. The van der Waals surface area contributed by atoms with Crippen LogP contribution in [0.2, 0.25) is 0 Å². The summed E-state index contributed by atoms with van der Waals surface area (Å²) >= 11 is 0. The first-order chi connectivity index (χ1) is 10.4. The van der Waals surface area contributed by atoms with Gasteiger partial charge in [-0.3, -0.25) is 14.3 Å². The van der Waals surface area contributed by atoms with Gasteiger partial charge in [0.2, 0.25) is 5.95 Å². The summed E-state index contributed by atoms with van der Waals surface area (Å²) in [7, 11) is 3.44. The minimum Gasteiger partial charge on any atom is -0.394 e. The standard InChI is InChI=1S/C12H17N5O5/c1-16(2)12-14-9-6(10(21)15-12)13-4-17(9)11-8(20)7(19)5(3-18)22-11/h4-5,7-8,11,18-20H,3H2,1-2H3,(H,14,15,21)/t5-,7+,8?,11-/m1/s1. The first-order valence-corrected chi connectivity index (χ1v) is 6.70. The van der Waals surface area contributed by atoms with Gasteiger partial charge in [-0.25, -0.2) is 4.98 Å². The van der Waals surface area contributed by atoms with Crippen molar-refractivity contribution in [1.82, 2.24) is 19.5 Å². The number of nitrogens with one attached hydrogen (secondary N) is 1. The van der Waals surface area contributed by atoms with E-state index in [1.807, 2.05) is 0 Å². The van der Waals surface area contributed by atoms with E-state index in [0.29, 0.717) is 5.95 Å². The van der Waals surface area contributed by atoms with Gasteiger partial charge in [0, 0.05) is 14.1 Å². The van der Waals surface area contributed by atoms with E-state index >= 15 is 0 Å². The molecular weight excluding hydrogens is 294 g/mol. The largest absolute Gasteiger partial charge is 0.394 e. The molecule has 3 rings (SSSR count). The number of aromatic amines is 1. The molecular formula is C12H17N5O5. The predicted molar refractivity (Wildman–Crippen MR) is 75.5 cm³/mol. The zero-order valence-corrected chi connectivity index (χ0v) is 12.0. The van der Waals surface area contributed by atoms with Crippen molar-refractivity contribution in [3.05, 3.63) is 16.7 Å². The molecule has 2 aromatic rings. The molecule has 0 bridgehead atoms. The van der Waals surface area contributed by atoms with Crippen LogP contribution in [0.15, 0.2) is 11.1 Å². The highest BCUT2D eigenvalue weighted by atomic mass is 16.6. The number of ether oxygens (including phenoxy) is 1. The van der Waals surface area contributed by atoms with E-state index in [4.69, 9.17) is 9.84 Å². The van der Waals surface area contributed by atoms with E-state index in [1.165, 1.54) is 10.9 Å². The van der Waals surface area contributed by atoms with Gasteiger partial charge in [0.15, 0.2) is 17.4 Å². The van der Waals surface area contributed by atoms with Crippen molar-refractivity contribution in [2.75, 3.05) is 25.6 Å². The Hall–Kier alpha value is -2.01. The van der Waals surface area contributed by atoms with Crippen LogP contribution < -0.4 is 10.5 Å². The van der Waals surface area contributed by atoms with Gasteiger partial charge < -0.3 is 25.0 Å². The van der Waals surface area contributed by atoms with E-state index in [-0.39, 0.29) is 11.2 Å². The molecule has 10 heteroatoms. The maximum atomic E-state index is 12.0. The highest BCUT2D eigenvalue weighted by Crippen LogP contribution is 2.30. The normalized spacial score (nSPS) is 28.4. The van der Waals surface area contributed by atoms with Crippen LogP contribution >= 0.6 is 0 Å². The number of nitrogens with zero attached hydrogens (tertiary/aromatic N) is 4. The summed E-state index contributed by atoms with van der Waals surface area (Å²) in [5.74, 6) is 0.325. The van der Waals surface area contributed by atoms with Gasteiger partial charge in [0.25, 0.3) is 5.56 Å². The lowest BCUT2D eigenvalue weighted by atomic mass is 10.1. The third-order valence-electron chi connectivity index (χ3n) is 3.63. The number of anilines is 1. The Bertz CT molecular complexity index is 741. The second-order valence-electron chi connectivity index (χ2n) is 5.34. The van der Waals surface area contributed by atoms with Crippen LogP contribution in [-0.2, 0) is 4.74 Å². The van der Waals surface area contributed by atoms with Crippen molar-refractivity contribution in [2.45, 2.75) is 24.5 Å². The van der Waals surface area contributed by atoms with Crippen molar-refractivity contribution in [2.24, 2.45) is 0 Å². The first-order valence-electron chi connectivity index (χ1n) is 6.70. The average Bonchev–Trinajstić information content (AvgIpc) is 3.02. The highest BCUT2D eigenvalue weighted by molar-refractivity contribution is 5.71. The van der Waals surface area contributed by atoms with Gasteiger partial charge in [0.05, 0.1) is 12.9 Å². The Morgan fingerprint density at radius 2 is 2.14 bits per heavy atom. The van der Waals surface area contributed by atoms with E-state index < -0.39 is 36.7 Å². The summed E-state index contributed by atoms with van der Waals surface area (Å²) in [5, 5.41) is 29.1. The van der Waals surface area contributed by atoms with E-state index in [1.54, 1.807) is 19.0 Å². The van der Waals surface area contributed by atoms with E-state index in [2.05, 4.69) is 15.0 Å². The minimum absolute atomic E-state index is 0.100. The lowest BCUT2D eigenvalue weighted by Crippen LogP contribution is -2.33. The molecule has 3 heterocycles. The number of imidazole rings is 1. The topological polar surface area (TPSA) is 137 Å². The lowest BCUT2D eigenvalue weighted by Gasteiger charge is -2.17. The molecule has 1 aliphatic rings. The van der Waals surface area contributed by atoms with Crippen LogP contribution in [0.3, 0.4) is 0 Å². The number of hydrogen-bond acceptors (Lipinski definition) is 8. The molecule has 120 valence electrons. The Morgan fingerprint density at radius 1 is 1.41 bits per heavy atom. The molecule has 4 atom stereocenters. The number of aliphatic hydroxyl groups is 3. The number of hydrogen-bond donors (Lipinski definition) is 4. The maximum Gasteiger partial charge on any atom is 0.280 e. The second-order valence-corrected chi connectivity index (χ2v) is 5.34. The molecule has 1 saturated heterocycles. The fourth-order valence-corrected chi connectivity index (χ4v) is 2.42. The van der Waals surface area contributed by atoms with Crippen LogP contribution in [0.5, 0.6) is 0 Å². The van der Waals surface area contributed by atoms with Gasteiger partial charge >= 0.3 is 0 Å². The average molecular weight is 311 g/mol. The van der Waals surface area contributed by atoms with Crippen LogP contribution in [0, 0.1) is 0 Å². The van der Waals surface area contributed by atoms with E-state index in [9.17, 15) is 15.0 Å². The fourth-order valence-electron chi connectivity index (χ4n) is 2.42. The van der Waals surface area contributed by atoms with Crippen molar-refractivity contribution in [3.63, 3.8) is 0 Å². The Kier molecular flexibility index (Phi) is 3.60. The Labute approximate surface area is 124 Å². The Balaban J connectivity index is 2.10. The quantitative estimate of drug-likeness (QED) is 0.501. The van der Waals surface area contributed by atoms with Gasteiger partial charge in [-0.05, 0) is 0 Å². The van der Waals surface area contributed by atoms with Crippen LogP contribution in [0.1, 0.15) is 6.23 Å². The summed E-state index contributed by atoms with van der Waals surface area (Å²) in [6.07, 6.45) is -3.08. The number of aliphatic hydroxyl groups excluding tert-OH is 3. The van der Waals surface area contributed by atoms with Crippen LogP contribution in [0.25, 0.3) is 11.2 Å². The maximum absolute atomic E-state index is 12.0. The third kappa shape index (κ3) is 2.16. The van der Waals surface area contributed by atoms with Gasteiger partial charge in [-0.15, -0.1) is 0 Å². The summed E-state index contributed by atoms with van der Waals surface area (Å²) in [5.41, 5.74) is -0.0928. The molecule has 4 N–H and O–H groups in total. The monoisotopic (exact) mass is 311 g/mol. The predicted octanol–water partition coefficient (Wildman–Crippen LogP) is -2.20. The molecule has 1 aliphatic heterocycles. The second kappa shape index (κ2) is 5.32. The molecule has 10 nitrogen and oxygen atoms in total. The zero-order valence-electron chi connectivity index (χ0n) is 12.0. The van der Waals surface area contributed by atoms with Crippen molar-refractivity contribution < 1.29 is 20.1 Å². The summed E-state index contributed by atoms with van der Waals surface area (Å²) in [6, 6.07) is 0. The Morgan fingerprint density at radius 3 is 2.73 bits per heavy atom. The molecule has 0 amide bonds. The van der Waals surface area contributed by atoms with Crippen LogP contribution in [-0.4, -0.2) is 73.9 Å². The molecule has 0 aliphatic carbocycles. The lowest BCUT2D eigenvalue weighted by molar-refractivity contribution is -0.0511. The number of H-pyrrole nitrogens is 1. The van der Waals surface area contributed by atoms with Crippen molar-refractivity contribution in [1.29, 1.82) is 0 Å². The zero-order chi connectivity index (χ0) is 16.0. The first kappa shape index (κ1) is 14.9.